The van der Waals surface area contributed by atoms with Gasteiger partial charge in [0.25, 0.3) is 0 Å². The second-order valence-electron chi connectivity index (χ2n) is 6.68. The smallest absolute Gasteiger partial charge is 0.236 e. The molecule has 1 unspecified atom stereocenters. The van der Waals surface area contributed by atoms with Crippen molar-refractivity contribution in [1.82, 2.24) is 9.97 Å². The van der Waals surface area contributed by atoms with Crippen LogP contribution in [-0.4, -0.2) is 22.5 Å². The lowest BCUT2D eigenvalue weighted by atomic mass is 9.96. The lowest BCUT2D eigenvalue weighted by molar-refractivity contribution is -0.117. The van der Waals surface area contributed by atoms with Gasteiger partial charge in [0.05, 0.1) is 17.6 Å². The van der Waals surface area contributed by atoms with E-state index in [1.54, 1.807) is 6.20 Å². The summed E-state index contributed by atoms with van der Waals surface area (Å²) in [6.45, 7) is 4.48. The average molecular weight is 323 g/mol. The highest BCUT2D eigenvalue weighted by atomic mass is 16.5. The topological polar surface area (TPSA) is 64.1 Å². The Morgan fingerprint density at radius 2 is 1.92 bits per heavy atom. The minimum Gasteiger partial charge on any atom is -0.492 e. The van der Waals surface area contributed by atoms with E-state index in [9.17, 15) is 4.79 Å². The molecule has 1 aromatic heterocycles. The number of hydrogen-bond donors (Lipinski definition) is 1. The van der Waals surface area contributed by atoms with Gasteiger partial charge in [0, 0.05) is 5.56 Å². The molecule has 1 atom stereocenters. The Labute approximate surface area is 141 Å². The van der Waals surface area contributed by atoms with E-state index in [1.807, 2.05) is 6.07 Å². The first-order chi connectivity index (χ1) is 11.6. The molecule has 0 bridgehead atoms. The maximum absolute atomic E-state index is 12.7. The van der Waals surface area contributed by atoms with E-state index in [4.69, 9.17) is 4.74 Å². The van der Waals surface area contributed by atoms with E-state index in [1.165, 1.54) is 17.5 Å². The van der Waals surface area contributed by atoms with Gasteiger partial charge in [-0.2, -0.15) is 0 Å². The van der Waals surface area contributed by atoms with Gasteiger partial charge < -0.3 is 10.1 Å². The fourth-order valence-corrected chi connectivity index (χ4v) is 3.41. The SMILES string of the molecule is Cc1cc2c(cc1C)C(C(=O)Nc1cnc3c(n1)CCCC3)CO2. The molecule has 1 aromatic carbocycles. The van der Waals surface area contributed by atoms with Crippen molar-refractivity contribution < 1.29 is 9.53 Å². The Kier molecular flexibility index (Phi) is 3.71. The summed E-state index contributed by atoms with van der Waals surface area (Å²) in [7, 11) is 0. The van der Waals surface area contributed by atoms with E-state index in [0.29, 0.717) is 12.4 Å². The van der Waals surface area contributed by atoms with Crippen LogP contribution in [0.5, 0.6) is 5.75 Å². The molecular formula is C19H21N3O2. The van der Waals surface area contributed by atoms with Crippen LogP contribution in [-0.2, 0) is 17.6 Å². The van der Waals surface area contributed by atoms with Crippen molar-refractivity contribution in [3.63, 3.8) is 0 Å². The first-order valence-corrected chi connectivity index (χ1v) is 8.51. The maximum Gasteiger partial charge on any atom is 0.236 e. The van der Waals surface area contributed by atoms with Crippen LogP contribution >= 0.6 is 0 Å². The number of hydrogen-bond acceptors (Lipinski definition) is 4. The Hall–Kier alpha value is -2.43. The van der Waals surface area contributed by atoms with Gasteiger partial charge in [-0.25, -0.2) is 4.98 Å². The van der Waals surface area contributed by atoms with Gasteiger partial charge in [-0.15, -0.1) is 0 Å². The first kappa shape index (κ1) is 15.1. The van der Waals surface area contributed by atoms with Gasteiger partial charge in [0.2, 0.25) is 5.91 Å². The van der Waals surface area contributed by atoms with Crippen molar-refractivity contribution in [3.8, 4) is 5.75 Å². The molecule has 0 saturated carbocycles. The number of fused-ring (bicyclic) bond motifs is 2. The van der Waals surface area contributed by atoms with Crippen LogP contribution in [0.1, 0.15) is 46.8 Å². The highest BCUT2D eigenvalue weighted by molar-refractivity contribution is 5.96. The quantitative estimate of drug-likeness (QED) is 0.922. The van der Waals surface area contributed by atoms with Crippen molar-refractivity contribution >= 4 is 11.7 Å². The lowest BCUT2D eigenvalue weighted by Gasteiger charge is -2.15. The molecule has 0 radical (unpaired) electrons. The third-order valence-electron chi connectivity index (χ3n) is 4.98. The molecule has 5 nitrogen and oxygen atoms in total. The predicted molar refractivity (Wildman–Crippen MR) is 91.5 cm³/mol. The standard InChI is InChI=1S/C19H21N3O2/c1-11-7-13-14(10-24-17(13)8-12(11)2)19(23)22-18-9-20-15-5-3-4-6-16(15)21-18/h7-9,14H,3-6,10H2,1-2H3,(H,21,22,23). The Morgan fingerprint density at radius 1 is 1.17 bits per heavy atom. The van der Waals surface area contributed by atoms with E-state index in [2.05, 4.69) is 35.2 Å². The number of carbonyl (C=O) groups is 1. The van der Waals surface area contributed by atoms with Crippen LogP contribution in [0.2, 0.25) is 0 Å². The molecule has 2 aliphatic rings. The van der Waals surface area contributed by atoms with Gasteiger partial charge in [0.1, 0.15) is 18.3 Å². The summed E-state index contributed by atoms with van der Waals surface area (Å²) < 4.78 is 5.70. The highest BCUT2D eigenvalue weighted by Gasteiger charge is 2.31. The molecule has 124 valence electrons. The molecule has 2 aromatic rings. The number of ether oxygens (including phenoxy) is 1. The molecule has 2 heterocycles. The molecule has 0 saturated heterocycles. The van der Waals surface area contributed by atoms with Gasteiger partial charge >= 0.3 is 0 Å². The summed E-state index contributed by atoms with van der Waals surface area (Å²) in [6.07, 6.45) is 5.90. The zero-order chi connectivity index (χ0) is 16.7. The number of aryl methyl sites for hydroxylation is 4. The number of carbonyl (C=O) groups excluding carboxylic acids is 1. The third-order valence-corrected chi connectivity index (χ3v) is 4.98. The van der Waals surface area contributed by atoms with E-state index < -0.39 is 0 Å². The molecule has 1 N–H and O–H groups in total. The van der Waals surface area contributed by atoms with Gasteiger partial charge in [-0.05, 0) is 56.7 Å². The predicted octanol–water partition coefficient (Wildman–Crippen LogP) is 3.09. The maximum atomic E-state index is 12.7. The van der Waals surface area contributed by atoms with Crippen LogP contribution in [0.25, 0.3) is 0 Å². The van der Waals surface area contributed by atoms with Crippen LogP contribution in [0, 0.1) is 13.8 Å². The number of nitrogens with zero attached hydrogens (tertiary/aromatic N) is 2. The van der Waals surface area contributed by atoms with Gasteiger partial charge in [-0.1, -0.05) is 6.07 Å². The molecule has 1 amide bonds. The monoisotopic (exact) mass is 323 g/mol. The normalized spacial score (nSPS) is 18.5. The van der Waals surface area contributed by atoms with Crippen molar-refractivity contribution in [3.05, 3.63) is 46.4 Å². The third kappa shape index (κ3) is 2.64. The van der Waals surface area contributed by atoms with Crippen LogP contribution in [0.15, 0.2) is 18.3 Å². The minimum absolute atomic E-state index is 0.0814. The van der Waals surface area contributed by atoms with Crippen molar-refractivity contribution in [2.45, 2.75) is 45.4 Å². The second-order valence-corrected chi connectivity index (χ2v) is 6.68. The second kappa shape index (κ2) is 5.89. The Morgan fingerprint density at radius 3 is 2.75 bits per heavy atom. The summed E-state index contributed by atoms with van der Waals surface area (Å²) in [4.78, 5) is 21.7. The van der Waals surface area contributed by atoms with E-state index in [0.717, 1.165) is 42.0 Å². The fraction of sp³-hybridized carbons (Fsp3) is 0.421. The average Bonchev–Trinajstić information content (AvgIpc) is 2.98. The van der Waals surface area contributed by atoms with Crippen LogP contribution in [0.3, 0.4) is 0 Å². The Balaban J connectivity index is 1.55. The molecular weight excluding hydrogens is 302 g/mol. The lowest BCUT2D eigenvalue weighted by Crippen LogP contribution is -2.23. The largest absolute Gasteiger partial charge is 0.492 e. The molecule has 5 heteroatoms. The number of rotatable bonds is 2. The summed E-state index contributed by atoms with van der Waals surface area (Å²) >= 11 is 0. The van der Waals surface area contributed by atoms with Gasteiger partial charge in [0.15, 0.2) is 5.82 Å². The first-order valence-electron chi connectivity index (χ1n) is 8.51. The number of aromatic nitrogens is 2. The number of nitrogens with one attached hydrogen (secondary N) is 1. The Bertz CT molecular complexity index is 816. The number of amides is 1. The van der Waals surface area contributed by atoms with Crippen molar-refractivity contribution in [2.24, 2.45) is 0 Å². The van der Waals surface area contributed by atoms with Crippen LogP contribution in [0.4, 0.5) is 5.82 Å². The van der Waals surface area contributed by atoms with Crippen molar-refractivity contribution in [2.75, 3.05) is 11.9 Å². The summed E-state index contributed by atoms with van der Waals surface area (Å²) in [5.74, 6) is 0.979. The zero-order valence-electron chi connectivity index (χ0n) is 14.1. The molecule has 1 aliphatic heterocycles. The fourth-order valence-electron chi connectivity index (χ4n) is 3.41. The minimum atomic E-state index is -0.294. The van der Waals surface area contributed by atoms with Crippen LogP contribution < -0.4 is 10.1 Å². The molecule has 24 heavy (non-hydrogen) atoms. The summed E-state index contributed by atoms with van der Waals surface area (Å²) in [5, 5.41) is 2.92. The molecule has 1 aliphatic carbocycles. The highest BCUT2D eigenvalue weighted by Crippen LogP contribution is 2.36. The molecule has 0 fully saturated rings. The number of anilines is 1. The summed E-state index contributed by atoms with van der Waals surface area (Å²) in [5.41, 5.74) is 5.40. The summed E-state index contributed by atoms with van der Waals surface area (Å²) in [6, 6.07) is 4.07. The number of benzene rings is 1. The zero-order valence-corrected chi connectivity index (χ0v) is 14.1. The molecule has 4 rings (SSSR count). The molecule has 0 spiro atoms. The van der Waals surface area contributed by atoms with E-state index >= 15 is 0 Å². The van der Waals surface area contributed by atoms with E-state index in [-0.39, 0.29) is 11.8 Å². The van der Waals surface area contributed by atoms with Crippen molar-refractivity contribution in [1.29, 1.82) is 0 Å². The van der Waals surface area contributed by atoms with Gasteiger partial charge in [-0.3, -0.25) is 9.78 Å².